The van der Waals surface area contributed by atoms with Crippen LogP contribution in [0.1, 0.15) is 77.9 Å². The summed E-state index contributed by atoms with van der Waals surface area (Å²) in [6.45, 7) is 0. The largest absolute Gasteiger partial charge is 0.0622 e. The van der Waals surface area contributed by atoms with Gasteiger partial charge in [-0.3, -0.25) is 0 Å². The van der Waals surface area contributed by atoms with Crippen LogP contribution in [0, 0.1) is 0 Å². The zero-order valence-electron chi connectivity index (χ0n) is 38.1. The van der Waals surface area contributed by atoms with Gasteiger partial charge in [-0.1, -0.05) is 267 Å². The van der Waals surface area contributed by atoms with Gasteiger partial charge in [-0.05, 0) is 137 Å². The minimum atomic E-state index is 0.924. The minimum absolute atomic E-state index is 0.924. The highest BCUT2D eigenvalue weighted by molar-refractivity contribution is 5.94. The van der Waals surface area contributed by atoms with Crippen molar-refractivity contribution in [3.05, 3.63) is 333 Å². The highest BCUT2D eigenvalue weighted by Crippen LogP contribution is 2.30. The lowest BCUT2D eigenvalue weighted by molar-refractivity contribution is 1.19. The van der Waals surface area contributed by atoms with Crippen molar-refractivity contribution in [2.24, 2.45) is 0 Å². The molecule has 0 aliphatic carbocycles. The molecule has 0 nitrogen and oxygen atoms in total. The maximum Gasteiger partial charge on any atom is -0.00258 e. The van der Waals surface area contributed by atoms with E-state index in [0.717, 1.165) is 35.1 Å². The van der Waals surface area contributed by atoms with E-state index in [2.05, 4.69) is 291 Å². The number of hydrogen-bond acceptors (Lipinski definition) is 0. The third-order valence-corrected chi connectivity index (χ3v) is 12.6. The Bertz CT molecular complexity index is 3110. The molecule has 0 aliphatic heterocycles. The van der Waals surface area contributed by atoms with Crippen molar-refractivity contribution in [3.8, 4) is 0 Å². The summed E-state index contributed by atoms with van der Waals surface area (Å²) in [7, 11) is 0. The molecule has 0 saturated carbocycles. The average molecular weight is 869 g/mol. The molecule has 0 atom stereocenters. The molecule has 10 rings (SSSR count). The average Bonchev–Trinajstić information content (AvgIpc) is 3.40. The van der Waals surface area contributed by atoms with Gasteiger partial charge < -0.3 is 0 Å². The molecule has 0 radical (unpaired) electrons. The topological polar surface area (TPSA) is 0 Å². The van der Waals surface area contributed by atoms with Crippen LogP contribution < -0.4 is 0 Å². The Morgan fingerprint density at radius 3 is 0.912 bits per heavy atom. The van der Waals surface area contributed by atoms with Gasteiger partial charge in [-0.2, -0.15) is 0 Å². The maximum absolute atomic E-state index is 2.30. The molecule has 0 fully saturated rings. The van der Waals surface area contributed by atoms with E-state index in [9.17, 15) is 0 Å². The fourth-order valence-electron chi connectivity index (χ4n) is 8.85. The summed E-state index contributed by atoms with van der Waals surface area (Å²) in [6.07, 6.45) is 15.4. The van der Waals surface area contributed by atoms with Gasteiger partial charge in [0.15, 0.2) is 0 Å². The summed E-state index contributed by atoms with van der Waals surface area (Å²) in [5, 5.41) is 2.45. The number of rotatable bonds is 14. The fraction of sp³-hybridized carbons (Fsp3) is 0.0294. The predicted molar refractivity (Wildman–Crippen MR) is 293 cm³/mol. The van der Waals surface area contributed by atoms with Gasteiger partial charge in [-0.25, -0.2) is 0 Å². The molecule has 0 heteroatoms. The first-order valence-electron chi connectivity index (χ1n) is 23.6. The van der Waals surface area contributed by atoms with E-state index in [1.54, 1.807) is 0 Å². The maximum atomic E-state index is 2.30. The molecule has 68 heavy (non-hydrogen) atoms. The lowest BCUT2D eigenvalue weighted by Crippen LogP contribution is -1.91. The first-order valence-corrected chi connectivity index (χ1v) is 23.6. The summed E-state index contributed by atoms with van der Waals surface area (Å²) >= 11 is 0. The normalized spacial score (nSPS) is 12.0. The second-order valence-corrected chi connectivity index (χ2v) is 17.4. The molecule has 0 aliphatic rings. The Morgan fingerprint density at radius 2 is 0.544 bits per heavy atom. The molecule has 10 aromatic rings. The second kappa shape index (κ2) is 21.2. The predicted octanol–water partition coefficient (Wildman–Crippen LogP) is 17.5. The summed E-state index contributed by atoms with van der Waals surface area (Å²) in [6, 6.07) is 91.7. The first-order chi connectivity index (χ1) is 33.6. The molecule has 0 unspecified atom stereocenters. The van der Waals surface area contributed by atoms with E-state index in [1.807, 2.05) is 0 Å². The van der Waals surface area contributed by atoms with Gasteiger partial charge in [0.2, 0.25) is 0 Å². The van der Waals surface area contributed by atoms with Gasteiger partial charge in [0, 0.05) is 0 Å². The lowest BCUT2D eigenvalue weighted by atomic mass is 9.94. The van der Waals surface area contributed by atoms with Crippen molar-refractivity contribution in [2.75, 3.05) is 0 Å². The van der Waals surface area contributed by atoms with Crippen molar-refractivity contribution in [3.63, 3.8) is 0 Å². The molecule has 0 bridgehead atoms. The number of hydrogen-bond donors (Lipinski definition) is 0. The van der Waals surface area contributed by atoms with Crippen LogP contribution in [-0.4, -0.2) is 0 Å². The molecule has 0 amide bonds. The summed E-state index contributed by atoms with van der Waals surface area (Å²) in [5.41, 5.74) is 19.4. The van der Waals surface area contributed by atoms with Gasteiger partial charge in [0.25, 0.3) is 0 Å². The zero-order valence-corrected chi connectivity index (χ0v) is 38.1. The molecule has 324 valence electrons. The monoisotopic (exact) mass is 868 g/mol. The standard InChI is InChI=1S/C68H52/c1-5-15-53(16-6-1)45-55-35-39-61(40-36-55)67(59-19-9-3-10-20-59)47-57-29-25-51(26-30-57)33-43-65-49-63-23-13-14-24-64(63)50-66(65)44-34-52-27-31-58(32-28-52)48-68(60-21-11-4-12-22-60)62-41-37-56(38-42-62)46-54-17-7-2-8-18-54/h1-44,47-50H,45-46H2. The molecule has 10 aromatic carbocycles. The van der Waals surface area contributed by atoms with E-state index in [1.165, 1.54) is 77.6 Å². The Morgan fingerprint density at radius 1 is 0.250 bits per heavy atom. The number of fused-ring (bicyclic) bond motifs is 1. The fourth-order valence-corrected chi connectivity index (χ4v) is 8.85. The van der Waals surface area contributed by atoms with Gasteiger partial charge in [0.1, 0.15) is 0 Å². The van der Waals surface area contributed by atoms with Crippen molar-refractivity contribution < 1.29 is 0 Å². The van der Waals surface area contributed by atoms with Crippen molar-refractivity contribution in [1.29, 1.82) is 0 Å². The molecular formula is C68H52. The van der Waals surface area contributed by atoms with E-state index in [-0.39, 0.29) is 0 Å². The smallest absolute Gasteiger partial charge is 0.00258 e. The first kappa shape index (κ1) is 43.3. The van der Waals surface area contributed by atoms with Crippen LogP contribution in [-0.2, 0) is 12.8 Å². The highest BCUT2D eigenvalue weighted by Gasteiger charge is 2.09. The van der Waals surface area contributed by atoms with Gasteiger partial charge >= 0.3 is 0 Å². The van der Waals surface area contributed by atoms with Crippen LogP contribution >= 0.6 is 0 Å². The molecule has 0 N–H and O–H groups in total. The van der Waals surface area contributed by atoms with Crippen LogP contribution in [0.2, 0.25) is 0 Å². The van der Waals surface area contributed by atoms with Gasteiger partial charge in [0.05, 0.1) is 0 Å². The quantitative estimate of drug-likeness (QED) is 0.0955. The molecule has 0 heterocycles. The third-order valence-electron chi connectivity index (χ3n) is 12.6. The highest BCUT2D eigenvalue weighted by atomic mass is 14.1. The van der Waals surface area contributed by atoms with Crippen molar-refractivity contribution >= 4 is 58.4 Å². The zero-order chi connectivity index (χ0) is 45.7. The second-order valence-electron chi connectivity index (χ2n) is 17.4. The van der Waals surface area contributed by atoms with Crippen LogP contribution in [0.5, 0.6) is 0 Å². The SMILES string of the molecule is C(=Cc1cc2ccccc2cc1C=Cc1ccc(C=C(c2ccccc2)c2ccc(Cc3ccccc3)cc2)cc1)c1ccc(C=C(c2ccccc2)c2ccc(Cc3ccccc3)cc2)cc1. The molecule has 0 saturated heterocycles. The molecule has 0 spiro atoms. The van der Waals surface area contributed by atoms with Crippen LogP contribution in [0.25, 0.3) is 58.4 Å². The lowest BCUT2D eigenvalue weighted by Gasteiger charge is -2.11. The minimum Gasteiger partial charge on any atom is -0.0622 e. The van der Waals surface area contributed by atoms with Crippen LogP contribution in [0.15, 0.2) is 255 Å². The summed E-state index contributed by atoms with van der Waals surface area (Å²) in [4.78, 5) is 0. The Labute approximate surface area is 401 Å². The van der Waals surface area contributed by atoms with E-state index < -0.39 is 0 Å². The Balaban J connectivity index is 0.876. The van der Waals surface area contributed by atoms with E-state index in [4.69, 9.17) is 0 Å². The van der Waals surface area contributed by atoms with Gasteiger partial charge in [-0.15, -0.1) is 0 Å². The van der Waals surface area contributed by atoms with E-state index >= 15 is 0 Å². The Hall–Kier alpha value is -8.58. The molecular weight excluding hydrogens is 817 g/mol. The van der Waals surface area contributed by atoms with Crippen molar-refractivity contribution in [1.82, 2.24) is 0 Å². The summed E-state index contributed by atoms with van der Waals surface area (Å²) in [5.74, 6) is 0. The molecule has 0 aromatic heterocycles. The van der Waals surface area contributed by atoms with Crippen LogP contribution in [0.4, 0.5) is 0 Å². The summed E-state index contributed by atoms with van der Waals surface area (Å²) < 4.78 is 0. The van der Waals surface area contributed by atoms with E-state index in [0.29, 0.717) is 0 Å². The third kappa shape index (κ3) is 11.1. The van der Waals surface area contributed by atoms with Crippen LogP contribution in [0.3, 0.4) is 0 Å². The van der Waals surface area contributed by atoms with Crippen molar-refractivity contribution in [2.45, 2.75) is 12.8 Å². The Kier molecular flexibility index (Phi) is 13.5. The number of benzene rings is 10.